The van der Waals surface area contributed by atoms with Crippen LogP contribution in [0, 0.1) is 0 Å². The maximum absolute atomic E-state index is 12.1. The first-order valence-corrected chi connectivity index (χ1v) is 8.15. The zero-order valence-electron chi connectivity index (χ0n) is 12.7. The number of benzene rings is 1. The molecule has 122 valence electrons. The molecule has 0 unspecified atom stereocenters. The number of carbonyl (C=O) groups is 1. The molecule has 1 aliphatic rings. The maximum Gasteiger partial charge on any atom is 0.314 e. The van der Waals surface area contributed by atoms with Gasteiger partial charge in [-0.25, -0.2) is 9.18 Å². The highest BCUT2D eigenvalue weighted by molar-refractivity contribution is 6.30. The summed E-state index contributed by atoms with van der Waals surface area (Å²) in [5.74, 6) is 0. The van der Waals surface area contributed by atoms with E-state index in [0.717, 1.165) is 18.7 Å². The molecule has 0 radical (unpaired) electrons. The maximum atomic E-state index is 12.1. The second-order valence-corrected chi connectivity index (χ2v) is 5.93. The molecule has 1 saturated heterocycles. The lowest BCUT2D eigenvalue weighted by Crippen LogP contribution is -2.44. The standard InChI is InChI=1S/C16H23ClFN3O/c17-14-6-4-13(5-7-14)15(21-10-2-1-3-11-21)12-20-16(22)19-9-8-18/h4-7,15H,1-3,8-12H2,(H2,19,20,22)/t15-/m1/s1. The molecular weight excluding hydrogens is 305 g/mol. The number of rotatable bonds is 6. The van der Waals surface area contributed by atoms with E-state index in [2.05, 4.69) is 15.5 Å². The number of nitrogens with zero attached hydrogens (tertiary/aromatic N) is 1. The van der Waals surface area contributed by atoms with Gasteiger partial charge in [-0.3, -0.25) is 4.90 Å². The van der Waals surface area contributed by atoms with Crippen LogP contribution < -0.4 is 10.6 Å². The summed E-state index contributed by atoms with van der Waals surface area (Å²) in [4.78, 5) is 14.0. The topological polar surface area (TPSA) is 44.4 Å². The number of likely N-dealkylation sites (tertiary alicyclic amines) is 1. The summed E-state index contributed by atoms with van der Waals surface area (Å²) < 4.78 is 12.1. The minimum atomic E-state index is -0.555. The van der Waals surface area contributed by atoms with Crippen LogP contribution >= 0.6 is 11.6 Å². The smallest absolute Gasteiger partial charge is 0.314 e. The van der Waals surface area contributed by atoms with Gasteiger partial charge in [0, 0.05) is 18.1 Å². The lowest BCUT2D eigenvalue weighted by molar-refractivity contribution is 0.160. The third-order valence-electron chi connectivity index (χ3n) is 3.92. The van der Waals surface area contributed by atoms with Crippen molar-refractivity contribution in [3.05, 3.63) is 34.9 Å². The molecule has 0 aromatic heterocycles. The van der Waals surface area contributed by atoms with Crippen LogP contribution in [0.15, 0.2) is 24.3 Å². The van der Waals surface area contributed by atoms with Gasteiger partial charge in [-0.2, -0.15) is 0 Å². The third kappa shape index (κ3) is 5.14. The van der Waals surface area contributed by atoms with Crippen molar-refractivity contribution in [2.45, 2.75) is 25.3 Å². The summed E-state index contributed by atoms with van der Waals surface area (Å²) >= 11 is 5.96. The fraction of sp³-hybridized carbons (Fsp3) is 0.562. The SMILES string of the molecule is O=C(NCCF)NC[C@H](c1ccc(Cl)cc1)N1CCCCC1. The van der Waals surface area contributed by atoms with E-state index < -0.39 is 6.67 Å². The average molecular weight is 328 g/mol. The molecule has 1 fully saturated rings. The van der Waals surface area contributed by atoms with E-state index >= 15 is 0 Å². The number of nitrogens with one attached hydrogen (secondary N) is 2. The molecular formula is C16H23ClFN3O. The summed E-state index contributed by atoms with van der Waals surface area (Å²) in [6, 6.07) is 7.54. The Balaban J connectivity index is 2.01. The molecule has 1 aromatic carbocycles. The first-order valence-electron chi connectivity index (χ1n) is 7.78. The number of piperidine rings is 1. The molecule has 2 rings (SSSR count). The molecule has 4 nitrogen and oxygen atoms in total. The molecule has 0 spiro atoms. The number of carbonyl (C=O) groups excluding carboxylic acids is 1. The minimum absolute atomic E-state index is 0.0428. The quantitative estimate of drug-likeness (QED) is 0.843. The number of urea groups is 1. The summed E-state index contributed by atoms with van der Waals surface area (Å²) in [5.41, 5.74) is 1.14. The van der Waals surface area contributed by atoms with Gasteiger partial charge in [0.1, 0.15) is 6.67 Å². The Morgan fingerprint density at radius 3 is 2.50 bits per heavy atom. The van der Waals surface area contributed by atoms with Crippen LogP contribution in [0.2, 0.25) is 5.02 Å². The van der Waals surface area contributed by atoms with E-state index in [-0.39, 0.29) is 18.6 Å². The van der Waals surface area contributed by atoms with Crippen LogP contribution in [0.4, 0.5) is 9.18 Å². The van der Waals surface area contributed by atoms with Crippen LogP contribution in [-0.2, 0) is 0 Å². The van der Waals surface area contributed by atoms with Crippen molar-refractivity contribution in [2.24, 2.45) is 0 Å². The molecule has 1 atom stereocenters. The Hall–Kier alpha value is -1.33. The van der Waals surface area contributed by atoms with Gasteiger partial charge in [-0.15, -0.1) is 0 Å². The fourth-order valence-corrected chi connectivity index (χ4v) is 2.91. The zero-order valence-corrected chi connectivity index (χ0v) is 13.4. The molecule has 0 saturated carbocycles. The predicted octanol–water partition coefficient (Wildman–Crippen LogP) is 3.14. The molecule has 1 aromatic rings. The van der Waals surface area contributed by atoms with E-state index in [1.54, 1.807) is 0 Å². The number of hydrogen-bond donors (Lipinski definition) is 2. The Kier molecular flexibility index (Phi) is 6.93. The van der Waals surface area contributed by atoms with Crippen molar-refractivity contribution < 1.29 is 9.18 Å². The van der Waals surface area contributed by atoms with Gasteiger partial charge >= 0.3 is 6.03 Å². The van der Waals surface area contributed by atoms with Crippen molar-refractivity contribution in [1.82, 2.24) is 15.5 Å². The molecule has 2 N–H and O–H groups in total. The predicted molar refractivity (Wildman–Crippen MR) is 87.0 cm³/mol. The first-order chi connectivity index (χ1) is 10.7. The number of amides is 2. The van der Waals surface area contributed by atoms with E-state index in [9.17, 15) is 9.18 Å². The van der Waals surface area contributed by atoms with Crippen molar-refractivity contribution in [3.8, 4) is 0 Å². The van der Waals surface area contributed by atoms with Crippen molar-refractivity contribution in [1.29, 1.82) is 0 Å². The highest BCUT2D eigenvalue weighted by Gasteiger charge is 2.22. The summed E-state index contributed by atoms with van der Waals surface area (Å²) in [6.45, 7) is 2.04. The average Bonchev–Trinajstić information content (AvgIpc) is 2.55. The highest BCUT2D eigenvalue weighted by atomic mass is 35.5. The van der Waals surface area contributed by atoms with Gasteiger partial charge in [0.05, 0.1) is 6.04 Å². The Morgan fingerprint density at radius 1 is 1.18 bits per heavy atom. The fourth-order valence-electron chi connectivity index (χ4n) is 2.79. The second-order valence-electron chi connectivity index (χ2n) is 5.49. The van der Waals surface area contributed by atoms with Gasteiger partial charge in [0.15, 0.2) is 0 Å². The van der Waals surface area contributed by atoms with Gasteiger partial charge in [-0.05, 0) is 43.6 Å². The van der Waals surface area contributed by atoms with Crippen molar-refractivity contribution in [3.63, 3.8) is 0 Å². The van der Waals surface area contributed by atoms with E-state index in [1.165, 1.54) is 19.3 Å². The second kappa shape index (κ2) is 8.96. The van der Waals surface area contributed by atoms with E-state index in [1.807, 2.05) is 24.3 Å². The van der Waals surface area contributed by atoms with E-state index in [0.29, 0.717) is 11.6 Å². The lowest BCUT2D eigenvalue weighted by Gasteiger charge is -2.35. The first kappa shape index (κ1) is 17.0. The zero-order chi connectivity index (χ0) is 15.8. The van der Waals surface area contributed by atoms with E-state index in [4.69, 9.17) is 11.6 Å². The lowest BCUT2D eigenvalue weighted by atomic mass is 10.0. The summed E-state index contributed by atoms with van der Waals surface area (Å²) in [5, 5.41) is 6.03. The summed E-state index contributed by atoms with van der Waals surface area (Å²) in [7, 11) is 0. The minimum Gasteiger partial charge on any atom is -0.336 e. The van der Waals surface area contributed by atoms with Gasteiger partial charge < -0.3 is 10.6 Å². The van der Waals surface area contributed by atoms with Gasteiger partial charge in [0.25, 0.3) is 0 Å². The van der Waals surface area contributed by atoms with Crippen LogP contribution in [-0.4, -0.2) is 43.8 Å². The van der Waals surface area contributed by atoms with Gasteiger partial charge in [0.2, 0.25) is 0 Å². The molecule has 2 amide bonds. The van der Waals surface area contributed by atoms with Gasteiger partial charge in [-0.1, -0.05) is 30.2 Å². The third-order valence-corrected chi connectivity index (χ3v) is 4.17. The monoisotopic (exact) mass is 327 g/mol. The molecule has 0 aliphatic carbocycles. The Bertz CT molecular complexity index is 463. The normalized spacial score (nSPS) is 17.0. The largest absolute Gasteiger partial charge is 0.336 e. The van der Waals surface area contributed by atoms with Crippen molar-refractivity contribution >= 4 is 17.6 Å². The summed E-state index contributed by atoms with van der Waals surface area (Å²) in [6.07, 6.45) is 3.62. The van der Waals surface area contributed by atoms with Crippen LogP contribution in [0.1, 0.15) is 30.9 Å². The Labute approximate surface area is 136 Å². The molecule has 22 heavy (non-hydrogen) atoms. The molecule has 0 bridgehead atoms. The number of halogens is 2. The number of hydrogen-bond acceptors (Lipinski definition) is 2. The van der Waals surface area contributed by atoms with Crippen LogP contribution in [0.25, 0.3) is 0 Å². The molecule has 1 aliphatic heterocycles. The molecule has 6 heteroatoms. The van der Waals surface area contributed by atoms with Crippen molar-refractivity contribution in [2.75, 3.05) is 32.9 Å². The molecule has 1 heterocycles. The Morgan fingerprint density at radius 2 is 1.86 bits per heavy atom. The van der Waals surface area contributed by atoms with Crippen LogP contribution in [0.3, 0.4) is 0 Å². The highest BCUT2D eigenvalue weighted by Crippen LogP contribution is 2.25. The number of alkyl halides is 1. The van der Waals surface area contributed by atoms with Crippen LogP contribution in [0.5, 0.6) is 0 Å².